The van der Waals surface area contributed by atoms with Crippen LogP contribution in [0.4, 0.5) is 79.6 Å². The van der Waals surface area contributed by atoms with Gasteiger partial charge in [-0.3, -0.25) is 0 Å². The van der Waals surface area contributed by atoms with E-state index >= 15 is 0 Å². The first-order chi connectivity index (χ1) is 63.0. The highest BCUT2D eigenvalue weighted by Gasteiger charge is 2.31. The van der Waals surface area contributed by atoms with Crippen LogP contribution in [0.25, 0.3) is 119 Å². The van der Waals surface area contributed by atoms with Crippen molar-refractivity contribution < 1.29 is 0 Å². The molecule has 624 valence electrons. The third-order valence-electron chi connectivity index (χ3n) is 25.7. The number of hydrogen-bond acceptors (Lipinski definition) is 6. The summed E-state index contributed by atoms with van der Waals surface area (Å²) in [6.45, 7) is 41.8. The summed E-state index contributed by atoms with van der Waals surface area (Å²) in [5.74, 6) is 0. The van der Waals surface area contributed by atoms with Crippen molar-refractivity contribution in [2.75, 3.05) is 19.6 Å². The molecule has 0 bridgehead atoms. The Balaban J connectivity index is 0.000000169. The SMILES string of the molecule is [C-]#[N+]c1ccc(-c2cc(N(c3ccc(C)cc3)c3ccc(C(C)(C)C)cc3)c3ccc4c(-c5ccc(C#N)cc5)cc(N(c5ccc(C)cc5)c5ccc(C(C)(C)C)cc5)c5ccc2c3c45)cc1.[C-]#[N+]c1ccc(-c2cc(N(c3ccc(C)cc3)c3ccc(C)cc3)c3ccc4c(-c5ccc(C#N)cc5)cc(N(c5ccc(C)cc5)c5ccc(C)cc5)c5ccc2c3c45)cc1. The van der Waals surface area contributed by atoms with Gasteiger partial charge in [0.05, 0.1) is 59.2 Å². The molecule has 0 fully saturated rings. The Morgan fingerprint density at radius 1 is 0.223 bits per heavy atom. The van der Waals surface area contributed by atoms with E-state index in [0.29, 0.717) is 22.5 Å². The first-order valence-electron chi connectivity index (χ1n) is 44.3. The van der Waals surface area contributed by atoms with Gasteiger partial charge >= 0.3 is 0 Å². The van der Waals surface area contributed by atoms with Gasteiger partial charge in [-0.2, -0.15) is 10.5 Å². The zero-order valence-corrected chi connectivity index (χ0v) is 75.2. The van der Waals surface area contributed by atoms with E-state index in [4.69, 9.17) is 13.1 Å². The van der Waals surface area contributed by atoms with Crippen LogP contribution < -0.4 is 19.6 Å². The average Bonchev–Trinajstić information content (AvgIpc) is 0.706. The lowest BCUT2D eigenvalue weighted by atomic mass is 9.84. The molecule has 0 saturated heterocycles. The van der Waals surface area contributed by atoms with Crippen LogP contribution in [0.1, 0.15) is 97.2 Å². The number of aryl methyl sites for hydroxylation is 6. The topological polar surface area (TPSA) is 69.3 Å². The molecule has 0 radical (unpaired) electrons. The van der Waals surface area contributed by atoms with Gasteiger partial charge in [0.2, 0.25) is 0 Å². The van der Waals surface area contributed by atoms with E-state index in [0.717, 1.165) is 177 Å². The molecule has 20 aromatic carbocycles. The molecule has 0 aliphatic heterocycles. The van der Waals surface area contributed by atoms with Crippen molar-refractivity contribution in [3.8, 4) is 56.6 Å². The van der Waals surface area contributed by atoms with Crippen LogP contribution in [0.15, 0.2) is 364 Å². The zero-order chi connectivity index (χ0) is 90.0. The third-order valence-corrected chi connectivity index (χ3v) is 25.7. The second kappa shape index (κ2) is 33.9. The van der Waals surface area contributed by atoms with Crippen LogP contribution in [-0.4, -0.2) is 0 Å². The van der Waals surface area contributed by atoms with E-state index in [9.17, 15) is 10.5 Å². The summed E-state index contributed by atoms with van der Waals surface area (Å²) < 4.78 is 0. The lowest BCUT2D eigenvalue weighted by Crippen LogP contribution is -2.14. The van der Waals surface area contributed by atoms with Crippen LogP contribution >= 0.6 is 0 Å². The molecule has 0 N–H and O–H groups in total. The molecule has 0 aliphatic carbocycles. The third kappa shape index (κ3) is 15.6. The van der Waals surface area contributed by atoms with E-state index in [-0.39, 0.29) is 10.8 Å². The number of benzene rings is 20. The summed E-state index contributed by atoms with van der Waals surface area (Å²) in [4.78, 5) is 17.1. The second-order valence-corrected chi connectivity index (χ2v) is 36.6. The fourth-order valence-corrected chi connectivity index (χ4v) is 18.6. The molecule has 0 unspecified atom stereocenters. The lowest BCUT2D eigenvalue weighted by molar-refractivity contribution is 0.590. The highest BCUT2D eigenvalue weighted by Crippen LogP contribution is 2.56. The lowest BCUT2D eigenvalue weighted by Gasteiger charge is -2.31. The summed E-state index contributed by atoms with van der Waals surface area (Å²) in [6, 6.07) is 135. The molecule has 0 aliphatic rings. The largest absolute Gasteiger partial charge is 0.310 e. The maximum Gasteiger partial charge on any atom is 0.187 e. The Morgan fingerprint density at radius 3 is 0.577 bits per heavy atom. The number of nitrogens with zero attached hydrogens (tertiary/aromatic N) is 8. The van der Waals surface area contributed by atoms with Gasteiger partial charge in [-0.25, -0.2) is 9.69 Å². The highest BCUT2D eigenvalue weighted by atomic mass is 15.2. The van der Waals surface area contributed by atoms with Gasteiger partial charge in [0.1, 0.15) is 0 Å². The summed E-state index contributed by atoms with van der Waals surface area (Å²) in [5, 5.41) is 33.3. The Hall–Kier alpha value is -16.4. The summed E-state index contributed by atoms with van der Waals surface area (Å²) >= 11 is 0. The molecule has 8 nitrogen and oxygen atoms in total. The molecule has 20 aromatic rings. The van der Waals surface area contributed by atoms with Gasteiger partial charge in [-0.05, 0) is 275 Å². The first-order valence-corrected chi connectivity index (χ1v) is 44.3. The van der Waals surface area contributed by atoms with Crippen molar-refractivity contribution in [1.29, 1.82) is 10.5 Å². The Labute approximate surface area is 762 Å². The minimum Gasteiger partial charge on any atom is -0.310 e. The minimum absolute atomic E-state index is 0.00365. The predicted molar refractivity (Wildman–Crippen MR) is 549 cm³/mol. The van der Waals surface area contributed by atoms with Gasteiger partial charge in [0.15, 0.2) is 11.4 Å². The molecule has 0 amide bonds. The molecule has 0 saturated carbocycles. The summed E-state index contributed by atoms with van der Waals surface area (Å²) in [6.07, 6.45) is 0. The molecule has 0 aromatic heterocycles. The Morgan fingerprint density at radius 2 is 0.400 bits per heavy atom. The van der Waals surface area contributed by atoms with E-state index in [1.165, 1.54) is 44.5 Å². The number of hydrogen-bond donors (Lipinski definition) is 0. The number of rotatable bonds is 16. The molecule has 130 heavy (non-hydrogen) atoms. The van der Waals surface area contributed by atoms with Crippen LogP contribution in [0.3, 0.4) is 0 Å². The van der Waals surface area contributed by atoms with Gasteiger partial charge in [0.25, 0.3) is 0 Å². The second-order valence-electron chi connectivity index (χ2n) is 36.6. The molecular formula is C122H96N8. The van der Waals surface area contributed by atoms with E-state index < -0.39 is 0 Å². The molecule has 0 heterocycles. The quantitative estimate of drug-likeness (QED) is 0.0709. The number of anilines is 12. The fourth-order valence-electron chi connectivity index (χ4n) is 18.6. The first kappa shape index (κ1) is 83.2. The van der Waals surface area contributed by atoms with Crippen LogP contribution in [0.5, 0.6) is 0 Å². The van der Waals surface area contributed by atoms with Gasteiger partial charge in [-0.1, -0.05) is 293 Å². The van der Waals surface area contributed by atoms with Crippen LogP contribution in [0, 0.1) is 77.3 Å². The summed E-state index contributed by atoms with van der Waals surface area (Å²) in [5.41, 5.74) is 33.4. The fraction of sp³-hybridized carbons (Fsp3) is 0.115. The molecule has 20 rings (SSSR count). The monoisotopic (exact) mass is 1670 g/mol. The predicted octanol–water partition coefficient (Wildman–Crippen LogP) is 35.0. The van der Waals surface area contributed by atoms with Gasteiger partial charge in [-0.15, -0.1) is 0 Å². The molecule has 0 spiro atoms. The number of nitriles is 2. The van der Waals surface area contributed by atoms with E-state index in [2.05, 4.69) is 440 Å². The van der Waals surface area contributed by atoms with Crippen molar-refractivity contribution >= 4 is 144 Å². The van der Waals surface area contributed by atoms with Crippen molar-refractivity contribution in [3.63, 3.8) is 0 Å². The van der Waals surface area contributed by atoms with Crippen molar-refractivity contribution in [3.05, 3.63) is 442 Å². The molecule has 0 atom stereocenters. The highest BCUT2D eigenvalue weighted by molar-refractivity contribution is 6.34. The van der Waals surface area contributed by atoms with Gasteiger partial charge in [0, 0.05) is 88.6 Å². The maximum absolute atomic E-state index is 9.89. The van der Waals surface area contributed by atoms with Gasteiger partial charge < -0.3 is 19.6 Å². The Kier molecular flexibility index (Phi) is 21.7. The van der Waals surface area contributed by atoms with Crippen LogP contribution in [-0.2, 0) is 10.8 Å². The summed E-state index contributed by atoms with van der Waals surface area (Å²) in [7, 11) is 0. The van der Waals surface area contributed by atoms with E-state index in [1.54, 1.807) is 0 Å². The molecule has 8 heteroatoms. The smallest absolute Gasteiger partial charge is 0.187 e. The van der Waals surface area contributed by atoms with Crippen LogP contribution in [0.2, 0.25) is 0 Å². The van der Waals surface area contributed by atoms with Crippen molar-refractivity contribution in [2.24, 2.45) is 0 Å². The minimum atomic E-state index is -0.00419. The normalized spacial score (nSPS) is 11.5. The standard InChI is InChI=1S/C64H54N4.C58H42N4/c1-41-10-26-49(27-11-41)67(51-30-20-46(21-31-51)63(3,4)5)59-38-57(44-16-14-43(40-65)15-17-44)53-34-36-56-60(68(50-28-12-42(2)13-29-50)52-32-22-47(23-33-52)64(6,7)8)39-58(45-18-24-48(66-9)25-19-45)54-35-37-55(59)61(53)62(54)56;1-37-6-22-45(23-7-37)61(46-24-8-38(2)9-25-46)55-34-53(42-16-14-41(36-59)15-17-42)49-30-32-52-56(62(47-26-10-39(3)11-27-47)48-28-12-40(4)13-29-48)35-54(43-18-20-44(60-5)21-19-43)50-31-33-51(55)57(49)58(50)52/h10-39H,1-8H3;6-35H,1-4H3. The Bertz CT molecular complexity index is 7290. The van der Waals surface area contributed by atoms with Crippen molar-refractivity contribution in [1.82, 2.24) is 0 Å². The van der Waals surface area contributed by atoms with E-state index in [1.807, 2.05) is 48.5 Å². The van der Waals surface area contributed by atoms with Crippen molar-refractivity contribution in [2.45, 2.75) is 93.9 Å². The average molecular weight is 1670 g/mol. The zero-order valence-electron chi connectivity index (χ0n) is 75.2. The maximum atomic E-state index is 9.89. The molecular weight excluding hydrogens is 1580 g/mol.